The molecule has 0 aliphatic heterocycles. The summed E-state index contributed by atoms with van der Waals surface area (Å²) in [6, 6.07) is 3.29. The third kappa shape index (κ3) is 6.71. The molecular weight excluding hydrogens is 345 g/mol. The van der Waals surface area contributed by atoms with E-state index in [1.165, 1.54) is 0 Å². The zero-order valence-corrected chi connectivity index (χ0v) is 13.7. The van der Waals surface area contributed by atoms with Gasteiger partial charge in [-0.05, 0) is 27.6 Å². The van der Waals surface area contributed by atoms with Crippen LogP contribution in [0.1, 0.15) is 5.56 Å². The first-order valence-corrected chi connectivity index (χ1v) is 7.44. The molecule has 1 aromatic rings. The molecule has 0 radical (unpaired) electrons. The van der Waals surface area contributed by atoms with Crippen LogP contribution in [0.4, 0.5) is 4.39 Å². The van der Waals surface area contributed by atoms with E-state index in [1.54, 1.807) is 19.2 Å². The molecule has 0 bridgehead atoms. The van der Waals surface area contributed by atoms with Crippen LogP contribution in [0.3, 0.4) is 0 Å². The Morgan fingerprint density at radius 2 is 1.67 bits per heavy atom. The molecule has 0 aliphatic carbocycles. The molecule has 0 saturated heterocycles. The predicted octanol–water partition coefficient (Wildman–Crippen LogP) is 2.11. The van der Waals surface area contributed by atoms with Gasteiger partial charge in [-0.25, -0.2) is 4.39 Å². The number of hydrogen-bond acceptors (Lipinski definition) is 5. The van der Waals surface area contributed by atoms with Gasteiger partial charge in [0.1, 0.15) is 6.61 Å². The van der Waals surface area contributed by atoms with Crippen molar-refractivity contribution in [1.82, 2.24) is 0 Å². The summed E-state index contributed by atoms with van der Waals surface area (Å²) < 4.78 is 34.9. The van der Waals surface area contributed by atoms with Gasteiger partial charge in [-0.15, -0.1) is 0 Å². The minimum atomic E-state index is -0.444. The summed E-state index contributed by atoms with van der Waals surface area (Å²) in [6.07, 6.45) is 0. The summed E-state index contributed by atoms with van der Waals surface area (Å²) in [7, 11) is 1.62. The van der Waals surface area contributed by atoms with Crippen LogP contribution in [0.5, 0.6) is 5.75 Å². The number of methoxy groups -OCH3 is 1. The van der Waals surface area contributed by atoms with E-state index < -0.39 is 5.82 Å². The third-order valence-electron chi connectivity index (χ3n) is 2.64. The molecule has 2 N–H and O–H groups in total. The van der Waals surface area contributed by atoms with E-state index >= 15 is 0 Å². The number of halogens is 2. The van der Waals surface area contributed by atoms with Gasteiger partial charge in [-0.2, -0.15) is 0 Å². The average Bonchev–Trinajstić information content (AvgIpc) is 2.50. The fraction of sp³-hybridized carbons (Fsp3) is 0.571. The quantitative estimate of drug-likeness (QED) is 0.608. The molecule has 7 heteroatoms. The standard InChI is InChI=1S/C14H21BrFNO4/c1-18-4-5-19-6-7-20-8-9-21-12-3-2-11(10-17)13(15)14(12)16/h2-3H,4-10,17H2,1H3. The molecule has 5 nitrogen and oxygen atoms in total. The number of rotatable bonds is 11. The molecular formula is C14H21BrFNO4. The Kier molecular flexibility index (Phi) is 9.53. The van der Waals surface area contributed by atoms with E-state index in [-0.39, 0.29) is 18.9 Å². The zero-order chi connectivity index (χ0) is 15.5. The summed E-state index contributed by atoms with van der Waals surface area (Å²) in [5, 5.41) is 0. The molecule has 21 heavy (non-hydrogen) atoms. The Balaban J connectivity index is 2.17. The van der Waals surface area contributed by atoms with Crippen LogP contribution in [-0.4, -0.2) is 46.8 Å². The number of ether oxygens (including phenoxy) is 4. The van der Waals surface area contributed by atoms with E-state index in [1.807, 2.05) is 0 Å². The lowest BCUT2D eigenvalue weighted by molar-refractivity contribution is 0.0177. The van der Waals surface area contributed by atoms with Crippen LogP contribution in [0, 0.1) is 5.82 Å². The van der Waals surface area contributed by atoms with Crippen molar-refractivity contribution < 1.29 is 23.3 Å². The Morgan fingerprint density at radius 1 is 1.05 bits per heavy atom. The van der Waals surface area contributed by atoms with Crippen LogP contribution in [-0.2, 0) is 20.8 Å². The molecule has 1 rings (SSSR count). The highest BCUT2D eigenvalue weighted by atomic mass is 79.9. The monoisotopic (exact) mass is 365 g/mol. The SMILES string of the molecule is COCCOCCOCCOc1ccc(CN)c(Br)c1F. The molecule has 0 spiro atoms. The summed E-state index contributed by atoms with van der Waals surface area (Å²) in [4.78, 5) is 0. The lowest BCUT2D eigenvalue weighted by Gasteiger charge is -2.11. The second-order valence-electron chi connectivity index (χ2n) is 4.12. The second kappa shape index (κ2) is 10.9. The van der Waals surface area contributed by atoms with Crippen molar-refractivity contribution in [2.75, 3.05) is 46.8 Å². The molecule has 0 unspecified atom stereocenters. The third-order valence-corrected chi connectivity index (χ3v) is 3.49. The summed E-state index contributed by atoms with van der Waals surface area (Å²) in [5.74, 6) is -0.264. The smallest absolute Gasteiger partial charge is 0.179 e. The minimum Gasteiger partial charge on any atom is -0.488 e. The van der Waals surface area contributed by atoms with Gasteiger partial charge in [0, 0.05) is 13.7 Å². The summed E-state index contributed by atoms with van der Waals surface area (Å²) in [5.41, 5.74) is 6.19. The minimum absolute atomic E-state index is 0.180. The predicted molar refractivity (Wildman–Crippen MR) is 81.0 cm³/mol. The average molecular weight is 366 g/mol. The van der Waals surface area contributed by atoms with Gasteiger partial charge in [-0.3, -0.25) is 0 Å². The maximum Gasteiger partial charge on any atom is 0.179 e. The molecule has 0 saturated carbocycles. The van der Waals surface area contributed by atoms with Crippen molar-refractivity contribution in [3.05, 3.63) is 28.0 Å². The molecule has 0 aromatic heterocycles. The lowest BCUT2D eigenvalue weighted by Crippen LogP contribution is -2.13. The highest BCUT2D eigenvalue weighted by Crippen LogP contribution is 2.28. The number of hydrogen-bond donors (Lipinski definition) is 1. The van der Waals surface area contributed by atoms with Gasteiger partial charge in [0.25, 0.3) is 0 Å². The van der Waals surface area contributed by atoms with Gasteiger partial charge in [0.05, 0.1) is 37.5 Å². The second-order valence-corrected chi connectivity index (χ2v) is 4.91. The first-order chi connectivity index (χ1) is 10.2. The zero-order valence-electron chi connectivity index (χ0n) is 12.1. The fourth-order valence-corrected chi connectivity index (χ4v) is 2.01. The van der Waals surface area contributed by atoms with Crippen molar-refractivity contribution in [2.24, 2.45) is 5.73 Å². The van der Waals surface area contributed by atoms with Crippen LogP contribution in [0.25, 0.3) is 0 Å². The Morgan fingerprint density at radius 3 is 2.29 bits per heavy atom. The molecule has 0 atom stereocenters. The number of benzene rings is 1. The van der Waals surface area contributed by atoms with E-state index in [2.05, 4.69) is 15.9 Å². The Bertz CT molecular complexity index is 420. The normalized spacial score (nSPS) is 10.9. The van der Waals surface area contributed by atoms with Crippen molar-refractivity contribution >= 4 is 15.9 Å². The van der Waals surface area contributed by atoms with Crippen molar-refractivity contribution in [2.45, 2.75) is 6.54 Å². The van der Waals surface area contributed by atoms with Gasteiger partial charge < -0.3 is 24.7 Å². The van der Waals surface area contributed by atoms with E-state index in [4.69, 9.17) is 24.7 Å². The Hall–Kier alpha value is -0.730. The highest BCUT2D eigenvalue weighted by Gasteiger charge is 2.11. The van der Waals surface area contributed by atoms with E-state index in [0.717, 1.165) is 0 Å². The van der Waals surface area contributed by atoms with Gasteiger partial charge >= 0.3 is 0 Å². The van der Waals surface area contributed by atoms with E-state index in [9.17, 15) is 4.39 Å². The van der Waals surface area contributed by atoms with Crippen LogP contribution >= 0.6 is 15.9 Å². The van der Waals surface area contributed by atoms with Crippen LogP contribution in [0.2, 0.25) is 0 Å². The molecule has 0 amide bonds. The number of nitrogens with two attached hydrogens (primary N) is 1. The van der Waals surface area contributed by atoms with Gasteiger partial charge in [0.2, 0.25) is 0 Å². The maximum atomic E-state index is 13.9. The van der Waals surface area contributed by atoms with Crippen molar-refractivity contribution in [3.63, 3.8) is 0 Å². The van der Waals surface area contributed by atoms with Crippen molar-refractivity contribution in [1.29, 1.82) is 0 Å². The van der Waals surface area contributed by atoms with Gasteiger partial charge in [-0.1, -0.05) is 6.07 Å². The first-order valence-electron chi connectivity index (χ1n) is 6.64. The lowest BCUT2D eigenvalue weighted by atomic mass is 10.2. The van der Waals surface area contributed by atoms with E-state index in [0.29, 0.717) is 43.1 Å². The largest absolute Gasteiger partial charge is 0.488 e. The molecule has 0 fully saturated rings. The summed E-state index contributed by atoms with van der Waals surface area (Å²) >= 11 is 3.16. The fourth-order valence-electron chi connectivity index (χ4n) is 1.52. The highest BCUT2D eigenvalue weighted by molar-refractivity contribution is 9.10. The van der Waals surface area contributed by atoms with Crippen LogP contribution in [0.15, 0.2) is 16.6 Å². The molecule has 0 heterocycles. The maximum absolute atomic E-state index is 13.9. The molecule has 1 aromatic carbocycles. The topological polar surface area (TPSA) is 62.9 Å². The molecule has 0 aliphatic rings. The Labute approximate surface area is 132 Å². The first kappa shape index (κ1) is 18.3. The summed E-state index contributed by atoms with van der Waals surface area (Å²) in [6.45, 7) is 2.97. The van der Waals surface area contributed by atoms with Crippen molar-refractivity contribution in [3.8, 4) is 5.75 Å². The van der Waals surface area contributed by atoms with Crippen LogP contribution < -0.4 is 10.5 Å². The molecule has 120 valence electrons. The van der Waals surface area contributed by atoms with Gasteiger partial charge in [0.15, 0.2) is 11.6 Å².